The van der Waals surface area contributed by atoms with Crippen LogP contribution >= 0.6 is 0 Å². The number of hydrogen-bond donors (Lipinski definition) is 0. The Kier molecular flexibility index (Phi) is 8.64. The molecule has 0 heterocycles. The first-order valence-electron chi connectivity index (χ1n) is 6.57. The van der Waals surface area contributed by atoms with Gasteiger partial charge in [0.15, 0.2) is 0 Å². The second-order valence-electron chi connectivity index (χ2n) is 4.57. The molecule has 0 rings (SSSR count). The highest BCUT2D eigenvalue weighted by Gasteiger charge is 2.28. The van der Waals surface area contributed by atoms with Crippen molar-refractivity contribution in [3.05, 3.63) is 0 Å². The van der Waals surface area contributed by atoms with Gasteiger partial charge < -0.3 is 0 Å². The van der Waals surface area contributed by atoms with Gasteiger partial charge in [-0.15, -0.1) is 0 Å². The van der Waals surface area contributed by atoms with Gasteiger partial charge in [0.2, 0.25) is 0 Å². The summed E-state index contributed by atoms with van der Waals surface area (Å²) in [6.07, 6.45) is 9.44. The third-order valence-electron chi connectivity index (χ3n) is 3.09. The topological polar surface area (TPSA) is 47.6 Å². The Morgan fingerprint density at radius 3 is 1.75 bits per heavy atom. The molecule has 0 aromatic carbocycles. The summed E-state index contributed by atoms with van der Waals surface area (Å²) >= 11 is 0. The fourth-order valence-electron chi connectivity index (χ4n) is 1.88. The van der Waals surface area contributed by atoms with Gasteiger partial charge in [-0.1, -0.05) is 58.8 Å². The normalized spacial score (nSPS) is 10.8. The minimum Gasteiger partial charge on any atom is -0.197 e. The van der Waals surface area contributed by atoms with Crippen molar-refractivity contribution in [1.29, 1.82) is 10.5 Å². The van der Waals surface area contributed by atoms with Crippen molar-refractivity contribution in [2.24, 2.45) is 5.41 Å². The summed E-state index contributed by atoms with van der Waals surface area (Å²) in [6.45, 7) is 4.29. The van der Waals surface area contributed by atoms with Crippen LogP contribution in [-0.4, -0.2) is 0 Å². The van der Waals surface area contributed by atoms with Crippen molar-refractivity contribution in [2.45, 2.75) is 71.6 Å². The zero-order chi connectivity index (χ0) is 12.3. The standard InChI is InChI=1S/C14H24N2/c1-3-5-7-8-9-11-14(12-15,13-16)10-6-4-2/h3-11H2,1-2H3. The minimum atomic E-state index is -0.706. The summed E-state index contributed by atoms with van der Waals surface area (Å²) in [6, 6.07) is 4.46. The van der Waals surface area contributed by atoms with Gasteiger partial charge in [0.25, 0.3) is 0 Å². The van der Waals surface area contributed by atoms with Gasteiger partial charge in [-0.25, -0.2) is 0 Å². The average Bonchev–Trinajstić information content (AvgIpc) is 2.33. The van der Waals surface area contributed by atoms with Crippen molar-refractivity contribution >= 4 is 0 Å². The van der Waals surface area contributed by atoms with Gasteiger partial charge >= 0.3 is 0 Å². The first kappa shape index (κ1) is 15.0. The molecular formula is C14H24N2. The highest BCUT2D eigenvalue weighted by atomic mass is 14.4. The molecule has 16 heavy (non-hydrogen) atoms. The van der Waals surface area contributed by atoms with Crippen LogP contribution in [0.2, 0.25) is 0 Å². The van der Waals surface area contributed by atoms with Crippen LogP contribution in [0.5, 0.6) is 0 Å². The van der Waals surface area contributed by atoms with E-state index in [2.05, 4.69) is 26.0 Å². The van der Waals surface area contributed by atoms with Gasteiger partial charge in [-0.05, 0) is 12.8 Å². The maximum atomic E-state index is 9.13. The van der Waals surface area contributed by atoms with Crippen LogP contribution in [0, 0.1) is 28.1 Å². The number of hydrogen-bond acceptors (Lipinski definition) is 2. The average molecular weight is 220 g/mol. The van der Waals surface area contributed by atoms with E-state index in [9.17, 15) is 0 Å². The first-order valence-corrected chi connectivity index (χ1v) is 6.57. The zero-order valence-corrected chi connectivity index (χ0v) is 10.8. The third kappa shape index (κ3) is 5.76. The van der Waals surface area contributed by atoms with Crippen molar-refractivity contribution in [2.75, 3.05) is 0 Å². The predicted octanol–water partition coefficient (Wildman–Crippen LogP) is 4.57. The van der Waals surface area contributed by atoms with Crippen molar-refractivity contribution in [3.63, 3.8) is 0 Å². The summed E-state index contributed by atoms with van der Waals surface area (Å²) in [7, 11) is 0. The van der Waals surface area contributed by atoms with Crippen LogP contribution in [0.3, 0.4) is 0 Å². The molecule has 2 heteroatoms. The van der Waals surface area contributed by atoms with E-state index in [4.69, 9.17) is 10.5 Å². The summed E-state index contributed by atoms with van der Waals surface area (Å²) in [5.74, 6) is 0. The van der Waals surface area contributed by atoms with Crippen LogP contribution in [0.1, 0.15) is 71.6 Å². The van der Waals surface area contributed by atoms with E-state index in [1.54, 1.807) is 0 Å². The molecule has 0 saturated carbocycles. The fraction of sp³-hybridized carbons (Fsp3) is 0.857. The van der Waals surface area contributed by atoms with E-state index in [0.29, 0.717) is 0 Å². The molecule has 0 aliphatic heterocycles. The van der Waals surface area contributed by atoms with E-state index >= 15 is 0 Å². The maximum absolute atomic E-state index is 9.13. The van der Waals surface area contributed by atoms with Crippen LogP contribution < -0.4 is 0 Å². The molecule has 0 fully saturated rings. The predicted molar refractivity (Wildman–Crippen MR) is 66.6 cm³/mol. The molecule has 0 aliphatic rings. The first-order chi connectivity index (χ1) is 7.74. The largest absolute Gasteiger partial charge is 0.197 e. The van der Waals surface area contributed by atoms with E-state index in [-0.39, 0.29) is 0 Å². The van der Waals surface area contributed by atoms with Crippen LogP contribution in [0.25, 0.3) is 0 Å². The molecule has 0 aromatic heterocycles. The van der Waals surface area contributed by atoms with Crippen LogP contribution in [0.4, 0.5) is 0 Å². The Bertz CT molecular complexity index is 230. The van der Waals surface area contributed by atoms with E-state index in [1.165, 1.54) is 19.3 Å². The SMILES string of the molecule is CCCCCCCC(C#N)(C#N)CCCC. The molecule has 0 aliphatic carbocycles. The Morgan fingerprint density at radius 1 is 0.750 bits per heavy atom. The Morgan fingerprint density at radius 2 is 1.25 bits per heavy atom. The van der Waals surface area contributed by atoms with Crippen molar-refractivity contribution in [3.8, 4) is 12.1 Å². The van der Waals surface area contributed by atoms with E-state index in [1.807, 2.05) is 0 Å². The molecule has 0 saturated heterocycles. The smallest absolute Gasteiger partial charge is 0.143 e. The molecule has 0 bridgehead atoms. The monoisotopic (exact) mass is 220 g/mol. The Hall–Kier alpha value is -1.02. The van der Waals surface area contributed by atoms with Gasteiger partial charge in [-0.2, -0.15) is 10.5 Å². The molecule has 90 valence electrons. The summed E-state index contributed by atoms with van der Waals surface area (Å²) in [4.78, 5) is 0. The van der Waals surface area contributed by atoms with Crippen LogP contribution in [-0.2, 0) is 0 Å². The molecular weight excluding hydrogens is 196 g/mol. The van der Waals surface area contributed by atoms with Crippen LogP contribution in [0.15, 0.2) is 0 Å². The molecule has 0 N–H and O–H groups in total. The van der Waals surface area contributed by atoms with E-state index in [0.717, 1.165) is 38.5 Å². The lowest BCUT2D eigenvalue weighted by atomic mass is 9.81. The maximum Gasteiger partial charge on any atom is 0.143 e. The Balaban J connectivity index is 3.95. The molecule has 0 radical (unpaired) electrons. The zero-order valence-electron chi connectivity index (χ0n) is 10.8. The molecule has 0 aromatic rings. The number of rotatable bonds is 9. The Labute approximate surface area is 100 Å². The van der Waals surface area contributed by atoms with Gasteiger partial charge in [0.05, 0.1) is 12.1 Å². The van der Waals surface area contributed by atoms with Gasteiger partial charge in [-0.3, -0.25) is 0 Å². The molecule has 0 spiro atoms. The summed E-state index contributed by atoms with van der Waals surface area (Å²) in [5, 5.41) is 18.3. The second-order valence-corrected chi connectivity index (χ2v) is 4.57. The van der Waals surface area contributed by atoms with Crippen molar-refractivity contribution in [1.82, 2.24) is 0 Å². The second kappa shape index (κ2) is 9.22. The number of unbranched alkanes of at least 4 members (excludes halogenated alkanes) is 5. The highest BCUT2D eigenvalue weighted by molar-refractivity contribution is 5.13. The lowest BCUT2D eigenvalue weighted by Crippen LogP contribution is -2.15. The fourth-order valence-corrected chi connectivity index (χ4v) is 1.88. The quantitative estimate of drug-likeness (QED) is 0.534. The number of nitrogens with zero attached hydrogens (tertiary/aromatic N) is 2. The summed E-state index contributed by atoms with van der Waals surface area (Å²) in [5.41, 5.74) is -0.706. The lowest BCUT2D eigenvalue weighted by Gasteiger charge is -2.17. The van der Waals surface area contributed by atoms with Crippen molar-refractivity contribution < 1.29 is 0 Å². The lowest BCUT2D eigenvalue weighted by molar-refractivity contribution is 0.399. The molecule has 0 amide bonds. The molecule has 0 atom stereocenters. The highest BCUT2D eigenvalue weighted by Crippen LogP contribution is 2.29. The molecule has 0 unspecified atom stereocenters. The molecule has 2 nitrogen and oxygen atoms in total. The number of nitriles is 2. The van der Waals surface area contributed by atoms with E-state index < -0.39 is 5.41 Å². The van der Waals surface area contributed by atoms with Gasteiger partial charge in [0, 0.05) is 0 Å². The summed E-state index contributed by atoms with van der Waals surface area (Å²) < 4.78 is 0. The van der Waals surface area contributed by atoms with Gasteiger partial charge in [0.1, 0.15) is 5.41 Å². The minimum absolute atomic E-state index is 0.706. The third-order valence-corrected chi connectivity index (χ3v) is 3.09.